The van der Waals surface area contributed by atoms with E-state index in [0.717, 1.165) is 22.2 Å². The number of ether oxygens (including phenoxy) is 1. The number of amides is 1. The van der Waals surface area contributed by atoms with E-state index in [2.05, 4.69) is 5.32 Å². The standard InChI is InChI=1S/C25H22Cl2N2O6S/c1-35-25(32)22(23(30)17-9-8-15-5-2-3-6-16(15)11-17)28-24(31)21-7-4-10-29(21)36(33,34)20-13-18(26)12-19(27)14-20/h2-3,5-6,8-9,11-14,21-22H,4,7,10H2,1H3,(H,28,31)/t21-,22?/m0/s1. The Hall–Kier alpha value is -2.98. The number of halogens is 2. The maximum Gasteiger partial charge on any atom is 0.336 e. The van der Waals surface area contributed by atoms with Gasteiger partial charge in [0.05, 0.1) is 12.0 Å². The molecule has 3 aromatic carbocycles. The molecule has 1 fully saturated rings. The quantitative estimate of drug-likeness (QED) is 0.273. The van der Waals surface area contributed by atoms with Crippen molar-refractivity contribution in [1.29, 1.82) is 0 Å². The van der Waals surface area contributed by atoms with Gasteiger partial charge in [0.25, 0.3) is 0 Å². The van der Waals surface area contributed by atoms with E-state index < -0.39 is 39.8 Å². The van der Waals surface area contributed by atoms with Crippen LogP contribution in [0.4, 0.5) is 0 Å². The molecule has 8 nitrogen and oxygen atoms in total. The second-order valence-electron chi connectivity index (χ2n) is 8.27. The van der Waals surface area contributed by atoms with Crippen LogP contribution >= 0.6 is 23.2 Å². The average Bonchev–Trinajstić information content (AvgIpc) is 3.36. The molecule has 188 valence electrons. The molecule has 11 heteroatoms. The lowest BCUT2D eigenvalue weighted by Gasteiger charge is -2.25. The van der Waals surface area contributed by atoms with Crippen LogP contribution < -0.4 is 5.32 Å². The lowest BCUT2D eigenvalue weighted by atomic mass is 10.00. The van der Waals surface area contributed by atoms with Crippen LogP contribution in [0.2, 0.25) is 10.0 Å². The van der Waals surface area contributed by atoms with Gasteiger partial charge < -0.3 is 10.1 Å². The number of hydrogen-bond acceptors (Lipinski definition) is 6. The van der Waals surface area contributed by atoms with Crippen molar-refractivity contribution in [2.45, 2.75) is 29.8 Å². The van der Waals surface area contributed by atoms with Gasteiger partial charge in [0.1, 0.15) is 6.04 Å². The van der Waals surface area contributed by atoms with Gasteiger partial charge in [0.15, 0.2) is 11.8 Å². The number of nitrogens with zero attached hydrogens (tertiary/aromatic N) is 1. The molecular weight excluding hydrogens is 527 g/mol. The Balaban J connectivity index is 1.60. The Bertz CT molecular complexity index is 1440. The van der Waals surface area contributed by atoms with Crippen LogP contribution in [0.5, 0.6) is 0 Å². The van der Waals surface area contributed by atoms with Crippen LogP contribution in [0.15, 0.2) is 65.6 Å². The number of fused-ring (bicyclic) bond motifs is 1. The number of carbonyl (C=O) groups excluding carboxylic acids is 3. The fourth-order valence-electron chi connectivity index (χ4n) is 4.20. The van der Waals surface area contributed by atoms with E-state index in [0.29, 0.717) is 6.42 Å². The van der Waals surface area contributed by atoms with Gasteiger partial charge >= 0.3 is 5.97 Å². The van der Waals surface area contributed by atoms with Gasteiger partial charge in [-0.2, -0.15) is 4.31 Å². The summed E-state index contributed by atoms with van der Waals surface area (Å²) in [6, 6.07) is 13.4. The molecule has 3 aromatic rings. The van der Waals surface area contributed by atoms with Crippen molar-refractivity contribution in [3.63, 3.8) is 0 Å². The van der Waals surface area contributed by atoms with Crippen molar-refractivity contribution in [3.8, 4) is 0 Å². The second kappa shape index (κ2) is 10.6. The summed E-state index contributed by atoms with van der Waals surface area (Å²) in [4.78, 5) is 38.8. The molecule has 0 spiro atoms. The van der Waals surface area contributed by atoms with E-state index in [9.17, 15) is 22.8 Å². The highest BCUT2D eigenvalue weighted by atomic mass is 35.5. The molecule has 0 aliphatic carbocycles. The molecule has 1 unspecified atom stereocenters. The Morgan fingerprint density at radius 1 is 1.00 bits per heavy atom. The Kier molecular flexibility index (Phi) is 7.65. The minimum absolute atomic E-state index is 0.0755. The summed E-state index contributed by atoms with van der Waals surface area (Å²) in [5.41, 5.74) is 0.203. The minimum Gasteiger partial charge on any atom is -0.467 e. The maximum atomic E-state index is 13.3. The van der Waals surface area contributed by atoms with Crippen molar-refractivity contribution in [3.05, 3.63) is 76.3 Å². The van der Waals surface area contributed by atoms with Crippen LogP contribution in [-0.2, 0) is 24.3 Å². The molecule has 1 aliphatic heterocycles. The number of esters is 1. The Morgan fingerprint density at radius 2 is 1.67 bits per heavy atom. The van der Waals surface area contributed by atoms with Gasteiger partial charge in [0.2, 0.25) is 15.9 Å². The predicted octanol–water partition coefficient (Wildman–Crippen LogP) is 3.84. The SMILES string of the molecule is COC(=O)C(NC(=O)[C@@H]1CCCN1S(=O)(=O)c1cc(Cl)cc(Cl)c1)C(=O)c1ccc2ccccc2c1. The fraction of sp³-hybridized carbons (Fsp3) is 0.240. The van der Waals surface area contributed by atoms with E-state index >= 15 is 0 Å². The monoisotopic (exact) mass is 548 g/mol. The first-order chi connectivity index (χ1) is 17.1. The summed E-state index contributed by atoms with van der Waals surface area (Å²) in [6.45, 7) is 0.0755. The number of rotatable bonds is 7. The summed E-state index contributed by atoms with van der Waals surface area (Å²) >= 11 is 12.0. The van der Waals surface area contributed by atoms with Crippen molar-refractivity contribution in [2.24, 2.45) is 0 Å². The van der Waals surface area contributed by atoms with Gasteiger partial charge in [-0.3, -0.25) is 9.59 Å². The van der Waals surface area contributed by atoms with Gasteiger partial charge in [-0.25, -0.2) is 13.2 Å². The third-order valence-corrected chi connectivity index (χ3v) is 8.29. The molecule has 1 heterocycles. The van der Waals surface area contributed by atoms with Crippen LogP contribution in [0.3, 0.4) is 0 Å². The molecule has 0 saturated carbocycles. The zero-order valence-corrected chi connectivity index (χ0v) is 21.4. The third kappa shape index (κ3) is 5.24. The van der Waals surface area contributed by atoms with Crippen molar-refractivity contribution >= 4 is 61.7 Å². The number of methoxy groups -OCH3 is 1. The molecule has 1 saturated heterocycles. The molecule has 36 heavy (non-hydrogen) atoms. The zero-order chi connectivity index (χ0) is 26.0. The summed E-state index contributed by atoms with van der Waals surface area (Å²) in [6.07, 6.45) is 0.616. The first-order valence-corrected chi connectivity index (χ1v) is 13.2. The van der Waals surface area contributed by atoms with E-state index in [1.807, 2.05) is 24.3 Å². The lowest BCUT2D eigenvalue weighted by Crippen LogP contribution is -2.53. The minimum atomic E-state index is -4.13. The molecule has 4 rings (SSSR count). The predicted molar refractivity (Wildman–Crippen MR) is 136 cm³/mol. The highest BCUT2D eigenvalue weighted by Crippen LogP contribution is 2.30. The summed E-state index contributed by atoms with van der Waals surface area (Å²) < 4.78 is 32.3. The number of Topliss-reactive ketones (excluding diaryl/α,β-unsaturated/α-hetero) is 1. The van der Waals surface area contributed by atoms with Crippen LogP contribution in [0.25, 0.3) is 10.8 Å². The second-order valence-corrected chi connectivity index (χ2v) is 11.0. The Morgan fingerprint density at radius 3 is 2.33 bits per heavy atom. The van der Waals surface area contributed by atoms with E-state index in [-0.39, 0.29) is 33.5 Å². The summed E-state index contributed by atoms with van der Waals surface area (Å²) in [5, 5.41) is 4.36. The van der Waals surface area contributed by atoms with Crippen molar-refractivity contribution < 1.29 is 27.5 Å². The number of nitrogens with one attached hydrogen (secondary N) is 1. The van der Waals surface area contributed by atoms with E-state index in [1.54, 1.807) is 18.2 Å². The molecule has 0 bridgehead atoms. The fourth-order valence-corrected chi connectivity index (χ4v) is 6.58. The smallest absolute Gasteiger partial charge is 0.336 e. The normalized spacial score (nSPS) is 17.0. The van der Waals surface area contributed by atoms with Gasteiger partial charge in [-0.15, -0.1) is 0 Å². The average molecular weight is 549 g/mol. The molecule has 2 atom stereocenters. The maximum absolute atomic E-state index is 13.3. The van der Waals surface area contributed by atoms with Gasteiger partial charge in [-0.05, 0) is 47.9 Å². The first-order valence-electron chi connectivity index (χ1n) is 11.0. The summed E-state index contributed by atoms with van der Waals surface area (Å²) in [5.74, 6) is -2.42. The molecule has 1 amide bonds. The zero-order valence-electron chi connectivity index (χ0n) is 19.1. The van der Waals surface area contributed by atoms with Gasteiger partial charge in [0, 0.05) is 22.2 Å². The topological polar surface area (TPSA) is 110 Å². The number of sulfonamides is 1. The van der Waals surface area contributed by atoms with Crippen LogP contribution in [-0.4, -0.2) is 56.1 Å². The van der Waals surface area contributed by atoms with Crippen LogP contribution in [0, 0.1) is 0 Å². The highest BCUT2D eigenvalue weighted by molar-refractivity contribution is 7.89. The highest BCUT2D eigenvalue weighted by Gasteiger charge is 2.42. The largest absolute Gasteiger partial charge is 0.467 e. The number of carbonyl (C=O) groups is 3. The van der Waals surface area contributed by atoms with Crippen molar-refractivity contribution in [1.82, 2.24) is 9.62 Å². The summed E-state index contributed by atoms with van der Waals surface area (Å²) in [7, 11) is -3.03. The molecule has 0 aromatic heterocycles. The van der Waals surface area contributed by atoms with E-state index in [4.69, 9.17) is 27.9 Å². The number of hydrogen-bond donors (Lipinski definition) is 1. The lowest BCUT2D eigenvalue weighted by molar-refractivity contribution is -0.143. The van der Waals surface area contributed by atoms with Gasteiger partial charge in [-0.1, -0.05) is 59.6 Å². The first kappa shape index (κ1) is 26.1. The third-order valence-electron chi connectivity index (χ3n) is 5.97. The number of benzene rings is 3. The molecule has 1 N–H and O–H groups in total. The molecular formula is C25H22Cl2N2O6S. The number of ketones is 1. The molecule has 0 radical (unpaired) electrons. The van der Waals surface area contributed by atoms with Crippen LogP contribution in [0.1, 0.15) is 23.2 Å². The van der Waals surface area contributed by atoms with E-state index in [1.165, 1.54) is 18.2 Å². The van der Waals surface area contributed by atoms with Crippen molar-refractivity contribution in [2.75, 3.05) is 13.7 Å². The molecule has 1 aliphatic rings. The Labute approximate surface area is 218 Å².